The summed E-state index contributed by atoms with van der Waals surface area (Å²) in [6.45, 7) is -2.77. The third-order valence-electron chi connectivity index (χ3n) is 3.97. The average molecular weight is 358 g/mol. The van der Waals surface area contributed by atoms with Crippen LogP contribution in [0.4, 0.5) is 0 Å². The van der Waals surface area contributed by atoms with Gasteiger partial charge in [0, 0.05) is 7.11 Å². The fourth-order valence-corrected chi connectivity index (χ4v) is 2.41. The first-order valence-corrected chi connectivity index (χ1v) is 7.35. The molecule has 0 saturated carbocycles. The number of hydrogen-bond acceptors (Lipinski definition) is 11. The minimum absolute atomic E-state index is 0.590. The van der Waals surface area contributed by atoms with Crippen molar-refractivity contribution in [1.82, 2.24) is 0 Å². The van der Waals surface area contributed by atoms with Crippen LogP contribution in [-0.2, 0) is 14.2 Å². The van der Waals surface area contributed by atoms with Crippen LogP contribution in [0.15, 0.2) is 0 Å². The van der Waals surface area contributed by atoms with Crippen molar-refractivity contribution in [3.8, 4) is 0 Å². The fourth-order valence-electron chi connectivity index (χ4n) is 2.41. The Morgan fingerprint density at radius 3 is 2.21 bits per heavy atom. The third-order valence-corrected chi connectivity index (χ3v) is 3.97. The molecule has 0 spiro atoms. The lowest BCUT2D eigenvalue weighted by Crippen LogP contribution is -2.50. The minimum Gasteiger partial charge on any atom is -0.394 e. The number of methoxy groups -OCH3 is 1. The molecule has 1 saturated heterocycles. The molecule has 0 aliphatic carbocycles. The molecule has 144 valence electrons. The van der Waals surface area contributed by atoms with E-state index in [1.807, 2.05) is 0 Å². The highest BCUT2D eigenvalue weighted by atomic mass is 16.7. The maximum absolute atomic E-state index is 9.92. The van der Waals surface area contributed by atoms with E-state index in [4.69, 9.17) is 24.4 Å². The predicted molar refractivity (Wildman–Crippen MR) is 75.6 cm³/mol. The van der Waals surface area contributed by atoms with Crippen molar-refractivity contribution in [3.05, 3.63) is 0 Å². The smallest absolute Gasteiger partial charge is 0.219 e. The molecule has 0 unspecified atom stereocenters. The summed E-state index contributed by atoms with van der Waals surface area (Å²) in [5, 5.41) is 76.4. The van der Waals surface area contributed by atoms with Crippen molar-refractivity contribution in [2.45, 2.75) is 48.5 Å². The molecule has 11 heteroatoms. The van der Waals surface area contributed by atoms with E-state index in [2.05, 4.69) is 0 Å². The van der Waals surface area contributed by atoms with E-state index in [0.29, 0.717) is 0 Å². The summed E-state index contributed by atoms with van der Waals surface area (Å²) in [4.78, 5) is 0. The Morgan fingerprint density at radius 2 is 1.75 bits per heavy atom. The number of ether oxygens (including phenoxy) is 3. The van der Waals surface area contributed by atoms with E-state index in [1.54, 1.807) is 0 Å². The molecule has 1 aliphatic rings. The van der Waals surface area contributed by atoms with Crippen LogP contribution in [0.2, 0.25) is 0 Å². The Bertz CT molecular complexity index is 366. The zero-order valence-corrected chi connectivity index (χ0v) is 13.2. The number of aliphatic hydroxyl groups is 8. The highest BCUT2D eigenvalue weighted by Gasteiger charge is 2.54. The summed E-state index contributed by atoms with van der Waals surface area (Å²) < 4.78 is 14.8. The summed E-state index contributed by atoms with van der Waals surface area (Å²) in [6.07, 6.45) is -10.3. The molecule has 11 nitrogen and oxygen atoms in total. The molecule has 8 atom stereocenters. The first-order chi connectivity index (χ1) is 11.2. The topological polar surface area (TPSA) is 190 Å². The normalized spacial score (nSPS) is 35.6. The third kappa shape index (κ3) is 4.59. The van der Waals surface area contributed by atoms with Gasteiger partial charge in [0.2, 0.25) is 5.79 Å². The van der Waals surface area contributed by atoms with E-state index in [-0.39, 0.29) is 0 Å². The second kappa shape index (κ2) is 9.31. The zero-order valence-electron chi connectivity index (χ0n) is 13.2. The molecule has 0 aromatic carbocycles. The molecule has 0 bridgehead atoms. The second-order valence-electron chi connectivity index (χ2n) is 5.59. The minimum atomic E-state index is -2.32. The molecule has 0 amide bonds. The number of aliphatic hydroxyl groups excluding tert-OH is 7. The predicted octanol–water partition coefficient (Wildman–Crippen LogP) is -5.11. The van der Waals surface area contributed by atoms with Crippen LogP contribution in [0.5, 0.6) is 0 Å². The molecular weight excluding hydrogens is 332 g/mol. The molecule has 24 heavy (non-hydrogen) atoms. The Morgan fingerprint density at radius 1 is 1.12 bits per heavy atom. The summed E-state index contributed by atoms with van der Waals surface area (Å²) in [6, 6.07) is 0. The van der Waals surface area contributed by atoms with Crippen LogP contribution in [0.3, 0.4) is 0 Å². The van der Waals surface area contributed by atoms with Gasteiger partial charge in [0.05, 0.1) is 26.4 Å². The molecule has 1 fully saturated rings. The van der Waals surface area contributed by atoms with Crippen molar-refractivity contribution < 1.29 is 55.1 Å². The fraction of sp³-hybridized carbons (Fsp3) is 1.00. The lowest BCUT2D eigenvalue weighted by molar-refractivity contribution is -0.248. The molecule has 1 heterocycles. The number of rotatable bonds is 10. The van der Waals surface area contributed by atoms with Crippen molar-refractivity contribution in [1.29, 1.82) is 0 Å². The average Bonchev–Trinajstić information content (AvgIpc) is 2.84. The Hall–Kier alpha value is -0.440. The van der Waals surface area contributed by atoms with Crippen LogP contribution < -0.4 is 0 Å². The lowest BCUT2D eigenvalue weighted by atomic mass is 10.0. The van der Waals surface area contributed by atoms with Crippen LogP contribution in [0, 0.1) is 0 Å². The monoisotopic (exact) mass is 358 g/mol. The Labute approximate surface area is 138 Å². The van der Waals surface area contributed by atoms with Gasteiger partial charge in [-0.2, -0.15) is 0 Å². The van der Waals surface area contributed by atoms with Gasteiger partial charge in [-0.15, -0.1) is 0 Å². The first kappa shape index (κ1) is 21.6. The molecule has 0 aromatic heterocycles. The van der Waals surface area contributed by atoms with E-state index in [1.165, 1.54) is 7.11 Å². The Kier molecular flexibility index (Phi) is 8.38. The van der Waals surface area contributed by atoms with Crippen LogP contribution in [0.25, 0.3) is 0 Å². The van der Waals surface area contributed by atoms with E-state index >= 15 is 0 Å². The van der Waals surface area contributed by atoms with Gasteiger partial charge in [-0.3, -0.25) is 0 Å². The summed E-state index contributed by atoms with van der Waals surface area (Å²) in [5.74, 6) is -2.32. The van der Waals surface area contributed by atoms with Gasteiger partial charge in [0.25, 0.3) is 0 Å². The maximum atomic E-state index is 9.92. The van der Waals surface area contributed by atoms with Gasteiger partial charge in [-0.1, -0.05) is 0 Å². The van der Waals surface area contributed by atoms with E-state index < -0.39 is 74.9 Å². The van der Waals surface area contributed by atoms with E-state index in [9.17, 15) is 30.6 Å². The number of hydrogen-bond donors (Lipinski definition) is 8. The quantitative estimate of drug-likeness (QED) is 0.186. The van der Waals surface area contributed by atoms with Crippen LogP contribution >= 0.6 is 0 Å². The molecule has 0 radical (unpaired) electrons. The van der Waals surface area contributed by atoms with Gasteiger partial charge >= 0.3 is 0 Å². The summed E-state index contributed by atoms with van der Waals surface area (Å²) in [5.41, 5.74) is 0. The summed E-state index contributed by atoms with van der Waals surface area (Å²) >= 11 is 0. The summed E-state index contributed by atoms with van der Waals surface area (Å²) in [7, 11) is 1.20. The van der Waals surface area contributed by atoms with Gasteiger partial charge in [0.15, 0.2) is 0 Å². The highest BCUT2D eigenvalue weighted by molar-refractivity contribution is 4.96. The lowest BCUT2D eigenvalue weighted by Gasteiger charge is -2.29. The molecule has 1 rings (SSSR count). The van der Waals surface area contributed by atoms with Crippen LogP contribution in [0.1, 0.15) is 0 Å². The van der Waals surface area contributed by atoms with Crippen molar-refractivity contribution >= 4 is 0 Å². The van der Waals surface area contributed by atoms with Crippen molar-refractivity contribution in [2.75, 3.05) is 33.5 Å². The van der Waals surface area contributed by atoms with Gasteiger partial charge in [-0.25, -0.2) is 0 Å². The molecule has 0 aromatic rings. The van der Waals surface area contributed by atoms with E-state index in [0.717, 1.165) is 0 Å². The van der Waals surface area contributed by atoms with Gasteiger partial charge in [0.1, 0.15) is 42.7 Å². The van der Waals surface area contributed by atoms with Gasteiger partial charge in [-0.05, 0) is 0 Å². The first-order valence-electron chi connectivity index (χ1n) is 7.35. The molecular formula is C13H26O11. The molecule has 8 N–H and O–H groups in total. The second-order valence-corrected chi connectivity index (χ2v) is 5.59. The van der Waals surface area contributed by atoms with Crippen molar-refractivity contribution in [2.24, 2.45) is 0 Å². The zero-order chi connectivity index (χ0) is 18.5. The molecule has 1 aliphatic heterocycles. The van der Waals surface area contributed by atoms with Crippen LogP contribution in [-0.4, -0.2) is 123 Å². The SMILES string of the molecule is CO[C@H](CO)[C@H](O)[C@H](O)[C@@H](O)CO[C@@H]1[C@@H](CO)O[C@@](O)(CO)[C@H]1O. The standard InChI is InChI=1S/C13H26O11/c1-22-7(2-14)10(19)9(18)6(17)4-23-11-8(3-15)24-13(21,5-16)12(11)20/h6-12,14-21H,2-5H2,1H3/t6-,7+,8+,9+,10-,11+,12-,13-/m0/s1. The Balaban J connectivity index is 2.63. The maximum Gasteiger partial charge on any atom is 0.219 e. The van der Waals surface area contributed by atoms with Gasteiger partial charge < -0.3 is 55.1 Å². The largest absolute Gasteiger partial charge is 0.394 e. The van der Waals surface area contributed by atoms with Crippen molar-refractivity contribution in [3.63, 3.8) is 0 Å². The highest BCUT2D eigenvalue weighted by Crippen LogP contribution is 2.31.